The molecule has 0 aliphatic carbocycles. The van der Waals surface area contributed by atoms with Crippen molar-refractivity contribution in [1.82, 2.24) is 9.78 Å². The number of halogens is 3. The maximum Gasteiger partial charge on any atom is 0.416 e. The molecule has 4 aromatic rings. The van der Waals surface area contributed by atoms with Crippen molar-refractivity contribution in [1.29, 1.82) is 0 Å². The Morgan fingerprint density at radius 3 is 2.10 bits per heavy atom. The monoisotopic (exact) mass is 565 g/mol. The molecule has 216 valence electrons. The van der Waals surface area contributed by atoms with E-state index in [1.165, 1.54) is 12.1 Å². The van der Waals surface area contributed by atoms with E-state index in [2.05, 4.69) is 0 Å². The van der Waals surface area contributed by atoms with Gasteiger partial charge in [-0.2, -0.15) is 18.3 Å². The Labute approximate surface area is 237 Å². The largest absolute Gasteiger partial charge is 0.476 e. The molecule has 4 rings (SSSR count). The first-order chi connectivity index (χ1) is 19.3. The van der Waals surface area contributed by atoms with E-state index in [0.29, 0.717) is 30.0 Å². The van der Waals surface area contributed by atoms with Crippen molar-refractivity contribution in [3.8, 4) is 17.0 Å². The molecule has 1 atom stereocenters. The van der Waals surface area contributed by atoms with Gasteiger partial charge in [-0.3, -0.25) is 4.68 Å². The van der Waals surface area contributed by atoms with E-state index in [1.807, 2.05) is 60.1 Å². The van der Waals surface area contributed by atoms with Gasteiger partial charge in [0.2, 0.25) is 0 Å². The van der Waals surface area contributed by atoms with E-state index in [0.717, 1.165) is 29.0 Å². The van der Waals surface area contributed by atoms with E-state index in [4.69, 9.17) is 20.3 Å². The van der Waals surface area contributed by atoms with Crippen LogP contribution in [-0.4, -0.2) is 28.0 Å². The van der Waals surface area contributed by atoms with Crippen molar-refractivity contribution in [2.24, 2.45) is 5.73 Å². The highest BCUT2D eigenvalue weighted by molar-refractivity contribution is 5.79. The first-order valence-electron chi connectivity index (χ1n) is 13.3. The number of esters is 1. The van der Waals surface area contributed by atoms with Crippen LogP contribution in [0.3, 0.4) is 0 Å². The Morgan fingerprint density at radius 1 is 0.902 bits per heavy atom. The molecule has 0 radical (unpaired) electrons. The summed E-state index contributed by atoms with van der Waals surface area (Å²) < 4.78 is 52.1. The molecule has 2 N–H and O–H groups in total. The van der Waals surface area contributed by atoms with Crippen LogP contribution in [0.15, 0.2) is 84.9 Å². The average Bonchev–Trinajstić information content (AvgIpc) is 3.30. The molecule has 1 heterocycles. The number of nitrogens with two attached hydrogens (primary N) is 1. The summed E-state index contributed by atoms with van der Waals surface area (Å²) in [4.78, 5) is 12.2. The highest BCUT2D eigenvalue weighted by Gasteiger charge is 2.32. The SMILES string of the molecule is CCOC(=O)C(C)(C)Oc1ccc(C(C)(N)Cc2cc(-c3ccc(C(F)(F)F)cc3)nn2Cc2ccccc2)cc1. The molecular weight excluding hydrogens is 531 g/mol. The summed E-state index contributed by atoms with van der Waals surface area (Å²) in [5, 5.41) is 4.75. The van der Waals surface area contributed by atoms with Crippen LogP contribution in [0.5, 0.6) is 5.75 Å². The van der Waals surface area contributed by atoms with Crippen LogP contribution in [0.4, 0.5) is 13.2 Å². The van der Waals surface area contributed by atoms with E-state index < -0.39 is 28.8 Å². The molecule has 6 nitrogen and oxygen atoms in total. The predicted molar refractivity (Wildman–Crippen MR) is 151 cm³/mol. The fraction of sp³-hybridized carbons (Fsp3) is 0.312. The second kappa shape index (κ2) is 11.8. The van der Waals surface area contributed by atoms with Crippen molar-refractivity contribution in [3.63, 3.8) is 0 Å². The molecule has 0 spiro atoms. The van der Waals surface area contributed by atoms with Gasteiger partial charge in [0, 0.05) is 23.2 Å². The van der Waals surface area contributed by atoms with Gasteiger partial charge in [0.25, 0.3) is 0 Å². The van der Waals surface area contributed by atoms with Crippen LogP contribution in [0, 0.1) is 0 Å². The minimum absolute atomic E-state index is 0.261. The molecule has 0 fully saturated rings. The summed E-state index contributed by atoms with van der Waals surface area (Å²) in [5.41, 5.74) is 7.99. The zero-order chi connectivity index (χ0) is 29.8. The van der Waals surface area contributed by atoms with Crippen molar-refractivity contribution in [3.05, 3.63) is 107 Å². The van der Waals surface area contributed by atoms with E-state index in [1.54, 1.807) is 32.9 Å². The van der Waals surface area contributed by atoms with Gasteiger partial charge in [-0.05, 0) is 69.2 Å². The standard InChI is InChI=1S/C32H34F3N3O3/c1-5-40-29(39)30(2,3)41-27-17-15-24(16-18-27)31(4,36)20-26-19-28(23-11-13-25(14-12-23)32(33,34)35)37-38(26)21-22-9-7-6-8-10-22/h6-19H,5,20-21,36H2,1-4H3. The number of rotatable bonds is 10. The number of alkyl halides is 3. The first-order valence-corrected chi connectivity index (χ1v) is 13.3. The molecule has 1 unspecified atom stereocenters. The predicted octanol–water partition coefficient (Wildman–Crippen LogP) is 6.75. The number of ether oxygens (including phenoxy) is 2. The lowest BCUT2D eigenvalue weighted by Gasteiger charge is -2.27. The molecule has 0 amide bonds. The molecule has 41 heavy (non-hydrogen) atoms. The number of benzene rings is 3. The molecule has 0 bridgehead atoms. The number of aromatic nitrogens is 2. The minimum atomic E-state index is -4.41. The maximum atomic E-state index is 13.1. The lowest BCUT2D eigenvalue weighted by molar-refractivity contribution is -0.158. The van der Waals surface area contributed by atoms with Crippen molar-refractivity contribution in [2.45, 2.75) is 58.0 Å². The van der Waals surface area contributed by atoms with Crippen LogP contribution in [0.25, 0.3) is 11.3 Å². The quantitative estimate of drug-likeness (QED) is 0.215. The molecule has 1 aromatic heterocycles. The molecule has 0 aliphatic heterocycles. The molecule has 3 aromatic carbocycles. The lowest BCUT2D eigenvalue weighted by atomic mass is 9.88. The Hall–Kier alpha value is -4.11. The minimum Gasteiger partial charge on any atom is -0.476 e. The third-order valence-corrected chi connectivity index (χ3v) is 6.75. The third kappa shape index (κ3) is 7.35. The normalized spacial score (nSPS) is 13.5. The van der Waals surface area contributed by atoms with Gasteiger partial charge in [0.05, 0.1) is 24.4 Å². The van der Waals surface area contributed by atoms with E-state index in [-0.39, 0.29) is 6.61 Å². The van der Waals surface area contributed by atoms with Crippen molar-refractivity contribution < 1.29 is 27.4 Å². The maximum absolute atomic E-state index is 13.1. The number of hydrogen-bond acceptors (Lipinski definition) is 5. The fourth-order valence-corrected chi connectivity index (χ4v) is 4.49. The molecular formula is C32H34F3N3O3. The van der Waals surface area contributed by atoms with Crippen molar-refractivity contribution >= 4 is 5.97 Å². The van der Waals surface area contributed by atoms with E-state index in [9.17, 15) is 18.0 Å². The van der Waals surface area contributed by atoms with Crippen LogP contribution in [-0.2, 0) is 34.2 Å². The first kappa shape index (κ1) is 29.9. The molecule has 0 saturated carbocycles. The van der Waals surface area contributed by atoms with Gasteiger partial charge < -0.3 is 15.2 Å². The zero-order valence-corrected chi connectivity index (χ0v) is 23.5. The fourth-order valence-electron chi connectivity index (χ4n) is 4.49. The summed E-state index contributed by atoms with van der Waals surface area (Å²) >= 11 is 0. The smallest absolute Gasteiger partial charge is 0.416 e. The number of nitrogens with zero attached hydrogens (tertiary/aromatic N) is 2. The lowest BCUT2D eigenvalue weighted by Crippen LogP contribution is -2.39. The van der Waals surface area contributed by atoms with Crippen LogP contribution >= 0.6 is 0 Å². The number of carbonyl (C=O) groups excluding carboxylic acids is 1. The second-order valence-corrected chi connectivity index (χ2v) is 10.7. The molecule has 9 heteroatoms. The summed E-state index contributed by atoms with van der Waals surface area (Å²) in [6, 6.07) is 23.9. The number of carbonyl (C=O) groups is 1. The third-order valence-electron chi connectivity index (χ3n) is 6.75. The van der Waals surface area contributed by atoms with Gasteiger partial charge in [0.15, 0.2) is 5.60 Å². The van der Waals surface area contributed by atoms with Crippen LogP contribution < -0.4 is 10.5 Å². The Morgan fingerprint density at radius 2 is 1.51 bits per heavy atom. The topological polar surface area (TPSA) is 79.4 Å². The Bertz CT molecular complexity index is 1460. The van der Waals surface area contributed by atoms with Crippen molar-refractivity contribution in [2.75, 3.05) is 6.61 Å². The summed E-state index contributed by atoms with van der Waals surface area (Å²) in [5.74, 6) is 0.0459. The summed E-state index contributed by atoms with van der Waals surface area (Å²) in [6.07, 6.45) is -4.01. The second-order valence-electron chi connectivity index (χ2n) is 10.7. The zero-order valence-electron chi connectivity index (χ0n) is 23.5. The summed E-state index contributed by atoms with van der Waals surface area (Å²) in [7, 11) is 0. The van der Waals surface area contributed by atoms with Gasteiger partial charge in [-0.1, -0.05) is 54.6 Å². The van der Waals surface area contributed by atoms with Crippen LogP contribution in [0.2, 0.25) is 0 Å². The van der Waals surface area contributed by atoms with Gasteiger partial charge in [-0.15, -0.1) is 0 Å². The highest BCUT2D eigenvalue weighted by atomic mass is 19.4. The van der Waals surface area contributed by atoms with Crippen LogP contribution in [0.1, 0.15) is 50.1 Å². The molecule has 0 saturated heterocycles. The van der Waals surface area contributed by atoms with Gasteiger partial charge in [-0.25, -0.2) is 4.79 Å². The van der Waals surface area contributed by atoms with Gasteiger partial charge >= 0.3 is 12.1 Å². The summed E-state index contributed by atoms with van der Waals surface area (Å²) in [6.45, 7) is 7.68. The Kier molecular flexibility index (Phi) is 8.58. The van der Waals surface area contributed by atoms with E-state index >= 15 is 0 Å². The Balaban J connectivity index is 1.60. The number of hydrogen-bond donors (Lipinski definition) is 1. The van der Waals surface area contributed by atoms with Gasteiger partial charge in [0.1, 0.15) is 5.75 Å². The average molecular weight is 566 g/mol. The molecule has 0 aliphatic rings. The highest BCUT2D eigenvalue weighted by Crippen LogP contribution is 2.32.